The molecule has 1 aliphatic heterocycles. The van der Waals surface area contributed by atoms with Crippen LogP contribution in [0.1, 0.15) is 18.9 Å². The number of hydrogen-bond donors (Lipinski definition) is 2. The van der Waals surface area contributed by atoms with E-state index in [0.29, 0.717) is 19.6 Å². The molecule has 1 saturated heterocycles. The molecule has 0 spiro atoms. The van der Waals surface area contributed by atoms with Crippen molar-refractivity contribution in [3.63, 3.8) is 0 Å². The van der Waals surface area contributed by atoms with E-state index in [4.69, 9.17) is 4.74 Å². The topological polar surface area (TPSA) is 82.1 Å². The van der Waals surface area contributed by atoms with E-state index in [1.807, 2.05) is 37.3 Å². The SMILES string of the molecule is CCCNC(=O)N1CCN(C(=O)OCc2ccccc2)CC1CO. The number of aliphatic hydroxyl groups excluding tert-OH is 1. The Balaban J connectivity index is 1.85. The fourth-order valence-corrected chi connectivity index (χ4v) is 2.59. The lowest BCUT2D eigenvalue weighted by Crippen LogP contribution is -2.60. The third kappa shape index (κ3) is 4.86. The summed E-state index contributed by atoms with van der Waals surface area (Å²) >= 11 is 0. The number of urea groups is 1. The highest BCUT2D eigenvalue weighted by Gasteiger charge is 2.32. The Morgan fingerprint density at radius 2 is 2.04 bits per heavy atom. The molecule has 2 N–H and O–H groups in total. The number of rotatable bonds is 5. The fraction of sp³-hybridized carbons (Fsp3) is 0.529. The molecule has 1 fully saturated rings. The van der Waals surface area contributed by atoms with E-state index in [9.17, 15) is 14.7 Å². The smallest absolute Gasteiger partial charge is 0.410 e. The van der Waals surface area contributed by atoms with Gasteiger partial charge in [-0.15, -0.1) is 0 Å². The third-order valence-electron chi connectivity index (χ3n) is 3.94. The third-order valence-corrected chi connectivity index (χ3v) is 3.94. The van der Waals surface area contributed by atoms with E-state index >= 15 is 0 Å². The van der Waals surface area contributed by atoms with E-state index in [1.165, 1.54) is 4.90 Å². The average Bonchev–Trinajstić information content (AvgIpc) is 2.64. The number of amides is 3. The van der Waals surface area contributed by atoms with Crippen LogP contribution in [0, 0.1) is 0 Å². The van der Waals surface area contributed by atoms with Crippen LogP contribution in [-0.2, 0) is 11.3 Å². The second kappa shape index (κ2) is 9.12. The number of carbonyl (C=O) groups is 2. The van der Waals surface area contributed by atoms with Gasteiger partial charge in [-0.25, -0.2) is 9.59 Å². The number of benzene rings is 1. The molecule has 1 heterocycles. The fourth-order valence-electron chi connectivity index (χ4n) is 2.59. The van der Waals surface area contributed by atoms with Gasteiger partial charge in [0.15, 0.2) is 0 Å². The van der Waals surface area contributed by atoms with Crippen LogP contribution < -0.4 is 5.32 Å². The molecule has 1 atom stereocenters. The minimum Gasteiger partial charge on any atom is -0.445 e. The summed E-state index contributed by atoms with van der Waals surface area (Å²) in [5.74, 6) is 0. The van der Waals surface area contributed by atoms with Gasteiger partial charge in [-0.2, -0.15) is 0 Å². The molecular formula is C17H25N3O4. The van der Waals surface area contributed by atoms with Gasteiger partial charge in [-0.05, 0) is 12.0 Å². The Kier molecular flexibility index (Phi) is 6.87. The first-order valence-corrected chi connectivity index (χ1v) is 8.26. The van der Waals surface area contributed by atoms with Gasteiger partial charge in [0.1, 0.15) is 6.61 Å². The zero-order chi connectivity index (χ0) is 17.4. The first kappa shape index (κ1) is 18.1. The summed E-state index contributed by atoms with van der Waals surface area (Å²) < 4.78 is 5.31. The summed E-state index contributed by atoms with van der Waals surface area (Å²) in [6.45, 7) is 3.62. The van der Waals surface area contributed by atoms with Crippen molar-refractivity contribution in [2.75, 3.05) is 32.8 Å². The van der Waals surface area contributed by atoms with E-state index < -0.39 is 12.1 Å². The van der Waals surface area contributed by atoms with Gasteiger partial charge in [-0.3, -0.25) is 0 Å². The number of nitrogens with one attached hydrogen (secondary N) is 1. The van der Waals surface area contributed by atoms with E-state index in [-0.39, 0.29) is 25.8 Å². The number of carbonyl (C=O) groups excluding carboxylic acids is 2. The zero-order valence-electron chi connectivity index (χ0n) is 14.0. The Morgan fingerprint density at radius 3 is 2.71 bits per heavy atom. The van der Waals surface area contributed by atoms with Gasteiger partial charge in [0.2, 0.25) is 0 Å². The van der Waals surface area contributed by atoms with Crippen LogP contribution in [0.5, 0.6) is 0 Å². The Morgan fingerprint density at radius 1 is 1.29 bits per heavy atom. The Labute approximate surface area is 142 Å². The van der Waals surface area contributed by atoms with Crippen LogP contribution in [0.3, 0.4) is 0 Å². The molecule has 1 unspecified atom stereocenters. The molecule has 1 aliphatic rings. The summed E-state index contributed by atoms with van der Waals surface area (Å²) in [5.41, 5.74) is 0.919. The van der Waals surface area contributed by atoms with Crippen LogP contribution in [-0.4, -0.2) is 65.9 Å². The normalized spacial score (nSPS) is 17.5. The highest BCUT2D eigenvalue weighted by molar-refractivity contribution is 5.75. The lowest BCUT2D eigenvalue weighted by molar-refractivity contribution is 0.0421. The lowest BCUT2D eigenvalue weighted by atomic mass is 10.2. The molecule has 0 radical (unpaired) electrons. The monoisotopic (exact) mass is 335 g/mol. The van der Waals surface area contributed by atoms with Gasteiger partial charge >= 0.3 is 12.1 Å². The molecule has 0 bridgehead atoms. The highest BCUT2D eigenvalue weighted by atomic mass is 16.6. The maximum Gasteiger partial charge on any atom is 0.410 e. The Bertz CT molecular complexity index is 538. The summed E-state index contributed by atoms with van der Waals surface area (Å²) in [6, 6.07) is 8.84. The van der Waals surface area contributed by atoms with Crippen molar-refractivity contribution in [1.82, 2.24) is 15.1 Å². The van der Waals surface area contributed by atoms with Gasteiger partial charge in [0.25, 0.3) is 0 Å². The number of ether oxygens (including phenoxy) is 1. The van der Waals surface area contributed by atoms with Crippen molar-refractivity contribution < 1.29 is 19.4 Å². The van der Waals surface area contributed by atoms with Crippen LogP contribution in [0.4, 0.5) is 9.59 Å². The quantitative estimate of drug-likeness (QED) is 0.853. The molecule has 7 nitrogen and oxygen atoms in total. The van der Waals surface area contributed by atoms with Gasteiger partial charge in [-0.1, -0.05) is 37.3 Å². The van der Waals surface area contributed by atoms with Crippen molar-refractivity contribution in [2.24, 2.45) is 0 Å². The van der Waals surface area contributed by atoms with Crippen molar-refractivity contribution >= 4 is 12.1 Å². The molecule has 7 heteroatoms. The summed E-state index contributed by atoms with van der Waals surface area (Å²) in [4.78, 5) is 27.4. The maximum absolute atomic E-state index is 12.2. The predicted octanol–water partition coefficient (Wildman–Crippen LogP) is 1.42. The zero-order valence-corrected chi connectivity index (χ0v) is 14.0. The highest BCUT2D eigenvalue weighted by Crippen LogP contribution is 2.12. The second-order valence-corrected chi connectivity index (χ2v) is 5.75. The first-order chi connectivity index (χ1) is 11.7. The number of nitrogens with zero attached hydrogens (tertiary/aromatic N) is 2. The maximum atomic E-state index is 12.2. The minimum atomic E-state index is -0.425. The predicted molar refractivity (Wildman–Crippen MR) is 89.5 cm³/mol. The van der Waals surface area contributed by atoms with Gasteiger partial charge in [0.05, 0.1) is 12.6 Å². The second-order valence-electron chi connectivity index (χ2n) is 5.75. The molecule has 0 aliphatic carbocycles. The first-order valence-electron chi connectivity index (χ1n) is 8.26. The molecular weight excluding hydrogens is 310 g/mol. The van der Waals surface area contributed by atoms with E-state index in [2.05, 4.69) is 5.32 Å². The van der Waals surface area contributed by atoms with Crippen LogP contribution in [0.2, 0.25) is 0 Å². The average molecular weight is 335 g/mol. The summed E-state index contributed by atoms with van der Waals surface area (Å²) in [6.07, 6.45) is 0.423. The van der Waals surface area contributed by atoms with Gasteiger partial charge in [0, 0.05) is 26.2 Å². The summed E-state index contributed by atoms with van der Waals surface area (Å²) in [7, 11) is 0. The van der Waals surface area contributed by atoms with Crippen molar-refractivity contribution in [3.8, 4) is 0 Å². The summed E-state index contributed by atoms with van der Waals surface area (Å²) in [5, 5.41) is 12.3. The number of piperazine rings is 1. The molecule has 1 aromatic carbocycles. The van der Waals surface area contributed by atoms with Crippen molar-refractivity contribution in [3.05, 3.63) is 35.9 Å². The van der Waals surface area contributed by atoms with Crippen LogP contribution in [0.25, 0.3) is 0 Å². The molecule has 3 amide bonds. The number of hydrogen-bond acceptors (Lipinski definition) is 4. The van der Waals surface area contributed by atoms with E-state index in [0.717, 1.165) is 12.0 Å². The van der Waals surface area contributed by atoms with Crippen LogP contribution >= 0.6 is 0 Å². The molecule has 0 aromatic heterocycles. The van der Waals surface area contributed by atoms with E-state index in [1.54, 1.807) is 4.90 Å². The molecule has 2 rings (SSSR count). The largest absolute Gasteiger partial charge is 0.445 e. The van der Waals surface area contributed by atoms with Gasteiger partial charge < -0.3 is 25.0 Å². The minimum absolute atomic E-state index is 0.192. The Hall–Kier alpha value is -2.28. The molecule has 132 valence electrons. The number of aliphatic hydroxyl groups is 1. The molecule has 1 aromatic rings. The van der Waals surface area contributed by atoms with Crippen molar-refractivity contribution in [1.29, 1.82) is 0 Å². The standard InChI is InChI=1S/C17H25N3O4/c1-2-8-18-16(22)20-10-9-19(11-15(20)12-21)17(23)24-13-14-6-4-3-5-7-14/h3-7,15,21H,2,8-13H2,1H3,(H,18,22). The van der Waals surface area contributed by atoms with Crippen molar-refractivity contribution in [2.45, 2.75) is 26.0 Å². The molecule has 24 heavy (non-hydrogen) atoms. The van der Waals surface area contributed by atoms with Crippen LogP contribution in [0.15, 0.2) is 30.3 Å². The lowest BCUT2D eigenvalue weighted by Gasteiger charge is -2.40. The molecule has 0 saturated carbocycles.